The molecule has 2 fully saturated rings. The molecule has 32 heavy (non-hydrogen) atoms. The number of aliphatic hydroxyl groups is 1. The maximum atomic E-state index is 9.22. The van der Waals surface area contributed by atoms with Crippen LogP contribution in [0.5, 0.6) is 0 Å². The van der Waals surface area contributed by atoms with Crippen LogP contribution >= 0.6 is 0 Å². The summed E-state index contributed by atoms with van der Waals surface area (Å²) in [5, 5.41) is 7.00. The van der Waals surface area contributed by atoms with Crippen LogP contribution in [0.2, 0.25) is 6.55 Å². The van der Waals surface area contributed by atoms with E-state index in [1.165, 1.54) is 6.55 Å². The molecule has 2 rings (SSSR count). The molecule has 17 nitrogen and oxygen atoms in total. The Kier molecular flexibility index (Phi) is 63.0. The van der Waals surface area contributed by atoms with Gasteiger partial charge in [-0.3, -0.25) is 0 Å². The van der Waals surface area contributed by atoms with Crippen LogP contribution < -0.4 is 0 Å². The minimum Gasteiger partial charge on any atom is -0.428 e. The van der Waals surface area contributed by atoms with Crippen molar-refractivity contribution in [1.29, 1.82) is 0 Å². The van der Waals surface area contributed by atoms with Gasteiger partial charge in [0.15, 0.2) is 0 Å². The van der Waals surface area contributed by atoms with Crippen molar-refractivity contribution >= 4 is 97.9 Å². The van der Waals surface area contributed by atoms with Gasteiger partial charge in [0.1, 0.15) is 21.0 Å². The third-order valence-corrected chi connectivity index (χ3v) is 16.0. The van der Waals surface area contributed by atoms with E-state index in [-0.39, 0.29) is 109 Å². The number of rotatable bonds is 4. The predicted octanol–water partition coefficient (Wildman–Crippen LogP) is -12.2. The topological polar surface area (TPSA) is 267 Å². The van der Waals surface area contributed by atoms with Gasteiger partial charge in [-0.2, -0.15) is 0 Å². The molecule has 0 amide bonds. The van der Waals surface area contributed by atoms with E-state index in [1.807, 2.05) is 0 Å². The molecule has 0 aromatic carbocycles. The number of aliphatic hydroxyl groups excluding tert-OH is 1. The van der Waals surface area contributed by atoms with Crippen molar-refractivity contribution in [3.8, 4) is 0 Å². The first kappa shape index (κ1) is 53.1. The minimum absolute atomic E-state index is 0. The molecule has 2 aliphatic rings. The largest absolute Gasteiger partial charge is 0.556 e. The summed E-state index contributed by atoms with van der Waals surface area (Å²) < 4.78 is 45.1. The average Bonchev–Trinajstić information content (AvgIpc) is 2.62. The first-order chi connectivity index (χ1) is 12.8. The van der Waals surface area contributed by atoms with Crippen LogP contribution in [0.25, 0.3) is 0 Å². The Hall–Kier alpha value is 4.80. The fourth-order valence-corrected chi connectivity index (χ4v) is 16.3. The fraction of sp³-hybridized carbons (Fsp3) is 1.00. The second-order valence-corrected chi connectivity index (χ2v) is 19.4. The van der Waals surface area contributed by atoms with Crippen LogP contribution in [-0.4, -0.2) is 145 Å². The molecule has 0 spiro atoms. The van der Waals surface area contributed by atoms with Gasteiger partial charge in [0.2, 0.25) is 0 Å². The number of hydrogen-bond donors (Lipinski definition) is 6. The maximum Gasteiger partial charge on any atom is 0.556 e. The zero-order valence-electron chi connectivity index (χ0n) is 17.7. The molecule has 6 radical (unpaired) electrons. The van der Waals surface area contributed by atoms with Gasteiger partial charge in [-0.1, -0.05) is 0 Å². The Morgan fingerprint density at radius 3 is 2.00 bits per heavy atom. The third kappa shape index (κ3) is 34.8. The van der Waals surface area contributed by atoms with Gasteiger partial charge in [0, 0.05) is 105 Å². The van der Waals surface area contributed by atoms with E-state index in [0.717, 1.165) is 7.11 Å². The predicted molar refractivity (Wildman–Crippen MR) is 118 cm³/mol. The third-order valence-electron chi connectivity index (χ3n) is 1.78. The van der Waals surface area contributed by atoms with Gasteiger partial charge >= 0.3 is 56.9 Å². The minimum atomic E-state index is -2.31. The molecular weight excluding hydrogens is 844 g/mol. The van der Waals surface area contributed by atoms with Crippen molar-refractivity contribution in [3.63, 3.8) is 0 Å². The van der Waals surface area contributed by atoms with Crippen LogP contribution in [0.15, 0.2) is 0 Å². The molecule has 2 bridgehead atoms. The molecule has 3 atom stereocenters. The standard InChI is InChI=1S/CH5O2Si.CH4O.H8O8Si6.H8O4Si3.2H2O.3Y/c1-4(2)3;1-2;1-11-3-10-4-13-6-12(2-9)7-14(5-11)8-13;1-6-4-7(2)3-5;;;;;/h2-3H,1H3;2H,1H3;1,12-13H,10H2,9H3;1-2,7H,6H2,5H3;2*1H2;;;. The Labute approximate surface area is 282 Å². The molecule has 3 unspecified atom stereocenters. The van der Waals surface area contributed by atoms with E-state index >= 15 is 0 Å². The van der Waals surface area contributed by atoms with E-state index in [0.29, 0.717) is 21.0 Å². The molecule has 0 aromatic heterocycles. The Bertz CT molecular complexity index is 323. The number of hydrogen-bond acceptors (Lipinski definition) is 15. The Morgan fingerprint density at radius 1 is 1.12 bits per heavy atom. The number of fused-ring (bicyclic) bond motifs is 2. The molecule has 2 aliphatic heterocycles. The second kappa shape index (κ2) is 38.0. The van der Waals surface area contributed by atoms with Gasteiger partial charge < -0.3 is 77.1 Å². The summed E-state index contributed by atoms with van der Waals surface area (Å²) in [5.74, 6) is 0. The van der Waals surface area contributed by atoms with E-state index in [9.17, 15) is 4.80 Å². The normalized spacial score (nSPS) is 21.7. The van der Waals surface area contributed by atoms with Gasteiger partial charge in [-0.15, -0.1) is 0 Å². The summed E-state index contributed by atoms with van der Waals surface area (Å²) >= 11 is 0. The first-order valence-corrected chi connectivity index (χ1v) is 19.4. The molecule has 2 saturated heterocycles. The summed E-state index contributed by atoms with van der Waals surface area (Å²) in [6.07, 6.45) is 0. The molecule has 0 saturated carbocycles. The first-order valence-electron chi connectivity index (χ1n) is 6.78. The average molecular weight is 873 g/mol. The second-order valence-electron chi connectivity index (χ2n) is 3.62. The van der Waals surface area contributed by atoms with Gasteiger partial charge in [0.05, 0.1) is 0 Å². The molecular formula is C2H29O17Si10Y3. The molecule has 2 heterocycles. The summed E-state index contributed by atoms with van der Waals surface area (Å²) in [6.45, 7) is 1.38. The zero-order chi connectivity index (χ0) is 21.2. The van der Waals surface area contributed by atoms with Crippen molar-refractivity contribution in [2.75, 3.05) is 7.11 Å². The summed E-state index contributed by atoms with van der Waals surface area (Å²) in [6, 6.07) is 0. The van der Waals surface area contributed by atoms with Crippen molar-refractivity contribution < 1.29 is 175 Å². The Balaban J connectivity index is -0.0000000607. The van der Waals surface area contributed by atoms with Gasteiger partial charge in [-0.05, 0) is 6.55 Å². The smallest absolute Gasteiger partial charge is 0.428 e. The van der Waals surface area contributed by atoms with E-state index in [1.54, 1.807) is 0 Å². The van der Waals surface area contributed by atoms with Crippen LogP contribution in [0.3, 0.4) is 0 Å². The van der Waals surface area contributed by atoms with Crippen molar-refractivity contribution in [2.24, 2.45) is 0 Å². The molecule has 0 aromatic rings. The van der Waals surface area contributed by atoms with E-state index < -0.39 is 76.9 Å². The quantitative estimate of drug-likeness (QED) is 0.143. The molecule has 0 aliphatic carbocycles. The van der Waals surface area contributed by atoms with Crippen LogP contribution in [0, 0.1) is 0 Å². The van der Waals surface area contributed by atoms with Crippen LogP contribution in [0.4, 0.5) is 0 Å². The van der Waals surface area contributed by atoms with E-state index in [2.05, 4.69) is 8.23 Å². The zero-order valence-corrected chi connectivity index (χ0v) is 39.5. The van der Waals surface area contributed by atoms with Crippen LogP contribution in [0.1, 0.15) is 0 Å². The summed E-state index contributed by atoms with van der Waals surface area (Å²) in [7, 11) is -13.3. The molecule has 188 valence electrons. The monoisotopic (exact) mass is 872 g/mol. The summed E-state index contributed by atoms with van der Waals surface area (Å²) in [4.78, 5) is 41.2. The summed E-state index contributed by atoms with van der Waals surface area (Å²) in [5.41, 5.74) is 0. The Morgan fingerprint density at radius 2 is 1.62 bits per heavy atom. The van der Waals surface area contributed by atoms with Crippen molar-refractivity contribution in [2.45, 2.75) is 6.55 Å². The molecule has 30 heteroatoms. The van der Waals surface area contributed by atoms with Gasteiger partial charge in [0.25, 0.3) is 20.0 Å². The maximum absolute atomic E-state index is 9.22. The van der Waals surface area contributed by atoms with Gasteiger partial charge in [-0.25, -0.2) is 0 Å². The van der Waals surface area contributed by atoms with Crippen molar-refractivity contribution in [3.05, 3.63) is 0 Å². The van der Waals surface area contributed by atoms with Crippen molar-refractivity contribution in [1.82, 2.24) is 0 Å². The SMILES string of the molecule is CO.C[Si](O)O.O.O.O[SiH2]O[SiH](O)O[SiH3].O[Si]1O[SiH2]O[SiH]2O[Si](O1)O[SiH](O[SiH3])O2.[Y].[Y].[Y]. The fourth-order valence-electron chi connectivity index (χ4n) is 0.929. The molecule has 10 N–H and O–H groups in total. The van der Waals surface area contributed by atoms with E-state index in [4.69, 9.17) is 53.1 Å². The van der Waals surface area contributed by atoms with Crippen LogP contribution in [-0.2, 0) is 135 Å².